The third-order valence-electron chi connectivity index (χ3n) is 3.53. The predicted octanol–water partition coefficient (Wildman–Crippen LogP) is 4.19. The number of carbonyl (C=O) groups is 1. The third kappa shape index (κ3) is 2.62. The van der Waals surface area contributed by atoms with E-state index < -0.39 is 0 Å². The van der Waals surface area contributed by atoms with Gasteiger partial charge in [0.1, 0.15) is 0 Å². The molecule has 19 heavy (non-hydrogen) atoms. The molecule has 1 aromatic heterocycles. The molecule has 0 unspecified atom stereocenters. The number of hydrogen-bond acceptors (Lipinski definition) is 1. The Balaban J connectivity index is 2.41. The van der Waals surface area contributed by atoms with Crippen LogP contribution in [-0.4, -0.2) is 10.4 Å². The van der Waals surface area contributed by atoms with Crippen molar-refractivity contribution >= 4 is 5.78 Å². The van der Waals surface area contributed by atoms with Crippen LogP contribution < -0.4 is 0 Å². The van der Waals surface area contributed by atoms with E-state index in [1.807, 2.05) is 23.7 Å². The summed E-state index contributed by atoms with van der Waals surface area (Å²) in [5, 5.41) is 0. The van der Waals surface area contributed by atoms with Crippen molar-refractivity contribution < 1.29 is 4.79 Å². The van der Waals surface area contributed by atoms with E-state index >= 15 is 0 Å². The van der Waals surface area contributed by atoms with E-state index in [1.165, 1.54) is 5.56 Å². The fourth-order valence-electron chi connectivity index (χ4n) is 2.30. The van der Waals surface area contributed by atoms with Crippen LogP contribution in [0.25, 0.3) is 11.3 Å². The first-order chi connectivity index (χ1) is 8.80. The zero-order valence-electron chi connectivity index (χ0n) is 12.3. The number of nitrogens with zero attached hydrogens (tertiary/aromatic N) is 1. The largest absolute Gasteiger partial charge is 0.341 e. The Morgan fingerprint density at radius 1 is 1.00 bits per heavy atom. The van der Waals surface area contributed by atoms with Gasteiger partial charge in [-0.3, -0.25) is 4.79 Å². The molecule has 0 fully saturated rings. The minimum Gasteiger partial charge on any atom is -0.341 e. The number of rotatable bonds is 2. The standard InChI is InChI=1S/C17H21NO/c1-12(19)15-10-11-16(18(15)5)13-6-8-14(9-7-13)17(2,3)4/h6-11H,1-5H3. The van der Waals surface area contributed by atoms with E-state index in [4.69, 9.17) is 0 Å². The Hall–Kier alpha value is -1.83. The van der Waals surface area contributed by atoms with Crippen molar-refractivity contribution in [3.05, 3.63) is 47.7 Å². The molecule has 1 aromatic carbocycles. The van der Waals surface area contributed by atoms with Crippen LogP contribution in [-0.2, 0) is 12.5 Å². The second-order valence-corrected chi connectivity index (χ2v) is 6.05. The Kier molecular flexibility index (Phi) is 3.36. The van der Waals surface area contributed by atoms with Crippen molar-refractivity contribution in [3.63, 3.8) is 0 Å². The van der Waals surface area contributed by atoms with Gasteiger partial charge in [0.25, 0.3) is 0 Å². The molecule has 2 rings (SSSR count). The maximum atomic E-state index is 11.5. The van der Waals surface area contributed by atoms with Crippen LogP contribution >= 0.6 is 0 Å². The molecule has 2 aromatic rings. The van der Waals surface area contributed by atoms with E-state index in [-0.39, 0.29) is 11.2 Å². The highest BCUT2D eigenvalue weighted by Gasteiger charge is 2.14. The number of Topliss-reactive ketones (excluding diaryl/α,β-unsaturated/α-hetero) is 1. The first kappa shape index (κ1) is 13.6. The van der Waals surface area contributed by atoms with Gasteiger partial charge in [-0.25, -0.2) is 0 Å². The van der Waals surface area contributed by atoms with Crippen LogP contribution in [0.3, 0.4) is 0 Å². The van der Waals surface area contributed by atoms with Crippen LogP contribution in [0.2, 0.25) is 0 Å². The predicted molar refractivity (Wildman–Crippen MR) is 79.6 cm³/mol. The molecule has 0 aliphatic rings. The molecular formula is C17H21NO. The molecule has 0 aliphatic heterocycles. The Morgan fingerprint density at radius 2 is 1.58 bits per heavy atom. The first-order valence-electron chi connectivity index (χ1n) is 6.58. The van der Waals surface area contributed by atoms with Crippen molar-refractivity contribution in [1.82, 2.24) is 4.57 Å². The van der Waals surface area contributed by atoms with Crippen molar-refractivity contribution in [2.75, 3.05) is 0 Å². The van der Waals surface area contributed by atoms with Crippen LogP contribution in [0.4, 0.5) is 0 Å². The van der Waals surface area contributed by atoms with Crippen molar-refractivity contribution in [2.45, 2.75) is 33.1 Å². The van der Waals surface area contributed by atoms with E-state index in [2.05, 4.69) is 45.0 Å². The minimum absolute atomic E-state index is 0.0973. The molecule has 0 radical (unpaired) electrons. The van der Waals surface area contributed by atoms with Crippen molar-refractivity contribution in [2.24, 2.45) is 7.05 Å². The van der Waals surface area contributed by atoms with Gasteiger partial charge in [-0.1, -0.05) is 45.0 Å². The Labute approximate surface area is 115 Å². The Morgan fingerprint density at radius 3 is 2.00 bits per heavy atom. The van der Waals surface area contributed by atoms with E-state index in [0.717, 1.165) is 17.0 Å². The fourth-order valence-corrected chi connectivity index (χ4v) is 2.30. The summed E-state index contributed by atoms with van der Waals surface area (Å²) < 4.78 is 1.95. The second-order valence-electron chi connectivity index (χ2n) is 6.05. The maximum Gasteiger partial charge on any atom is 0.176 e. The Bertz CT molecular complexity index is 597. The molecule has 0 bridgehead atoms. The molecule has 2 nitrogen and oxygen atoms in total. The van der Waals surface area contributed by atoms with Crippen LogP contribution in [0.1, 0.15) is 43.7 Å². The third-order valence-corrected chi connectivity index (χ3v) is 3.53. The number of hydrogen-bond donors (Lipinski definition) is 0. The van der Waals surface area contributed by atoms with Crippen molar-refractivity contribution in [1.29, 1.82) is 0 Å². The summed E-state index contributed by atoms with van der Waals surface area (Å²) in [6, 6.07) is 12.5. The summed E-state index contributed by atoms with van der Waals surface area (Å²) >= 11 is 0. The zero-order valence-corrected chi connectivity index (χ0v) is 12.3. The highest BCUT2D eigenvalue weighted by Crippen LogP contribution is 2.27. The van der Waals surface area contributed by atoms with Crippen LogP contribution in [0.15, 0.2) is 36.4 Å². The summed E-state index contributed by atoms with van der Waals surface area (Å²) in [6.07, 6.45) is 0. The topological polar surface area (TPSA) is 22.0 Å². The van der Waals surface area contributed by atoms with Gasteiger partial charge in [0, 0.05) is 19.7 Å². The summed E-state index contributed by atoms with van der Waals surface area (Å²) in [5.41, 5.74) is 4.44. The molecule has 0 spiro atoms. The molecule has 0 atom stereocenters. The highest BCUT2D eigenvalue weighted by molar-refractivity contribution is 5.93. The lowest BCUT2D eigenvalue weighted by molar-refractivity contribution is 0.101. The molecule has 0 saturated heterocycles. The normalized spacial score (nSPS) is 11.6. The number of aromatic nitrogens is 1. The van der Waals surface area contributed by atoms with Crippen LogP contribution in [0.5, 0.6) is 0 Å². The molecule has 100 valence electrons. The van der Waals surface area contributed by atoms with Gasteiger partial charge in [-0.05, 0) is 28.7 Å². The van der Waals surface area contributed by atoms with E-state index in [0.29, 0.717) is 0 Å². The maximum absolute atomic E-state index is 11.5. The molecular weight excluding hydrogens is 234 g/mol. The van der Waals surface area contributed by atoms with Gasteiger partial charge >= 0.3 is 0 Å². The molecule has 0 amide bonds. The lowest BCUT2D eigenvalue weighted by Crippen LogP contribution is -2.10. The smallest absolute Gasteiger partial charge is 0.176 e. The molecule has 0 aliphatic carbocycles. The van der Waals surface area contributed by atoms with Crippen LogP contribution in [0, 0.1) is 0 Å². The average Bonchev–Trinajstić information content (AvgIpc) is 2.70. The molecule has 2 heteroatoms. The number of benzene rings is 1. The molecule has 0 N–H and O–H groups in total. The SMILES string of the molecule is CC(=O)c1ccc(-c2ccc(C(C)(C)C)cc2)n1C. The van der Waals surface area contributed by atoms with Gasteiger partial charge in [0.2, 0.25) is 0 Å². The van der Waals surface area contributed by atoms with Gasteiger partial charge in [-0.15, -0.1) is 0 Å². The van der Waals surface area contributed by atoms with Gasteiger partial charge < -0.3 is 4.57 Å². The molecule has 1 heterocycles. The summed E-state index contributed by atoms with van der Waals surface area (Å²) in [4.78, 5) is 11.5. The fraction of sp³-hybridized carbons (Fsp3) is 0.353. The van der Waals surface area contributed by atoms with Gasteiger partial charge in [-0.2, -0.15) is 0 Å². The van der Waals surface area contributed by atoms with Crippen molar-refractivity contribution in [3.8, 4) is 11.3 Å². The zero-order chi connectivity index (χ0) is 14.2. The first-order valence-corrected chi connectivity index (χ1v) is 6.58. The van der Waals surface area contributed by atoms with E-state index in [1.54, 1.807) is 6.92 Å². The minimum atomic E-state index is 0.0973. The lowest BCUT2D eigenvalue weighted by atomic mass is 9.86. The summed E-state index contributed by atoms with van der Waals surface area (Å²) in [6.45, 7) is 8.22. The van der Waals surface area contributed by atoms with Gasteiger partial charge in [0.05, 0.1) is 5.69 Å². The summed E-state index contributed by atoms with van der Waals surface area (Å²) in [7, 11) is 1.93. The average molecular weight is 255 g/mol. The molecule has 0 saturated carbocycles. The number of carbonyl (C=O) groups excluding carboxylic acids is 1. The lowest BCUT2D eigenvalue weighted by Gasteiger charge is -2.19. The highest BCUT2D eigenvalue weighted by atomic mass is 16.1. The van der Waals surface area contributed by atoms with E-state index in [9.17, 15) is 4.79 Å². The quantitative estimate of drug-likeness (QED) is 0.737. The van der Waals surface area contributed by atoms with Gasteiger partial charge in [0.15, 0.2) is 5.78 Å². The number of ketones is 1. The monoisotopic (exact) mass is 255 g/mol. The summed E-state index contributed by atoms with van der Waals surface area (Å²) in [5.74, 6) is 0.0973. The second kappa shape index (κ2) is 4.69.